The first-order valence-electron chi connectivity index (χ1n) is 6.79. The zero-order chi connectivity index (χ0) is 11.8. The lowest BCUT2D eigenvalue weighted by Gasteiger charge is -2.28. The van der Waals surface area contributed by atoms with E-state index in [4.69, 9.17) is 17.3 Å². The lowest BCUT2D eigenvalue weighted by Crippen LogP contribution is -2.27. The van der Waals surface area contributed by atoms with Crippen LogP contribution in [0.15, 0.2) is 0 Å². The van der Waals surface area contributed by atoms with Crippen LogP contribution in [0.4, 0.5) is 0 Å². The Balaban J connectivity index is 1.98. The normalized spacial score (nSPS) is 25.9. The number of aromatic nitrogens is 2. The summed E-state index contributed by atoms with van der Waals surface area (Å²) >= 11 is 6.26. The zero-order valence-corrected chi connectivity index (χ0v) is 10.9. The summed E-state index contributed by atoms with van der Waals surface area (Å²) in [4.78, 5) is 4.61. The maximum absolute atomic E-state index is 6.26. The fraction of sp³-hybridized carbons (Fsp3) is 0.769. The minimum atomic E-state index is 0.0932. The number of rotatable bonds is 1. The molecule has 0 saturated heterocycles. The summed E-state index contributed by atoms with van der Waals surface area (Å²) in [5, 5.41) is 0.695. The summed E-state index contributed by atoms with van der Waals surface area (Å²) in [7, 11) is 0. The Kier molecular flexibility index (Phi) is 3.14. The predicted octanol–water partition coefficient (Wildman–Crippen LogP) is 3.38. The molecule has 1 saturated carbocycles. The van der Waals surface area contributed by atoms with E-state index >= 15 is 0 Å². The Labute approximate surface area is 107 Å². The van der Waals surface area contributed by atoms with Gasteiger partial charge < -0.3 is 10.3 Å². The van der Waals surface area contributed by atoms with Crippen LogP contribution < -0.4 is 5.73 Å². The second-order valence-electron chi connectivity index (χ2n) is 5.37. The van der Waals surface area contributed by atoms with Gasteiger partial charge in [-0.05, 0) is 32.1 Å². The maximum atomic E-state index is 6.26. The number of halogens is 1. The Morgan fingerprint density at radius 1 is 1.12 bits per heavy atom. The molecule has 2 aliphatic rings. The van der Waals surface area contributed by atoms with Crippen LogP contribution >= 0.6 is 11.6 Å². The highest BCUT2D eigenvalue weighted by Crippen LogP contribution is 2.37. The molecular formula is C13H20ClN3. The second kappa shape index (κ2) is 4.62. The molecule has 2 heterocycles. The van der Waals surface area contributed by atoms with E-state index in [0.717, 1.165) is 25.1 Å². The predicted molar refractivity (Wildman–Crippen MR) is 69.2 cm³/mol. The number of imidazole rings is 1. The summed E-state index contributed by atoms with van der Waals surface area (Å²) in [6.07, 6.45) is 9.82. The molecule has 0 radical (unpaired) electrons. The molecule has 4 heteroatoms. The van der Waals surface area contributed by atoms with E-state index in [9.17, 15) is 0 Å². The average Bonchev–Trinajstić information content (AvgIpc) is 2.70. The Bertz CT molecular complexity index is 407. The van der Waals surface area contributed by atoms with Crippen molar-refractivity contribution in [1.82, 2.24) is 9.55 Å². The van der Waals surface area contributed by atoms with Crippen molar-refractivity contribution >= 4 is 11.6 Å². The third-order valence-electron chi connectivity index (χ3n) is 4.20. The summed E-state index contributed by atoms with van der Waals surface area (Å²) in [6.45, 7) is 0. The minimum Gasteiger partial charge on any atom is -0.314 e. The largest absolute Gasteiger partial charge is 0.314 e. The fourth-order valence-electron chi connectivity index (χ4n) is 3.31. The van der Waals surface area contributed by atoms with Crippen molar-refractivity contribution in [3.8, 4) is 0 Å². The first-order valence-corrected chi connectivity index (χ1v) is 7.17. The number of hydrogen-bond acceptors (Lipinski definition) is 2. The van der Waals surface area contributed by atoms with Crippen molar-refractivity contribution in [1.29, 1.82) is 0 Å². The third kappa shape index (κ3) is 2.00. The quantitative estimate of drug-likeness (QED) is 0.834. The minimum absolute atomic E-state index is 0.0932. The van der Waals surface area contributed by atoms with E-state index in [0.29, 0.717) is 11.1 Å². The van der Waals surface area contributed by atoms with E-state index in [1.807, 2.05) is 0 Å². The van der Waals surface area contributed by atoms with Crippen LogP contribution in [-0.4, -0.2) is 9.55 Å². The average molecular weight is 254 g/mol. The molecule has 1 aromatic rings. The summed E-state index contributed by atoms with van der Waals surface area (Å²) in [5.41, 5.74) is 7.40. The van der Waals surface area contributed by atoms with Gasteiger partial charge in [-0.15, -0.1) is 0 Å². The molecule has 1 aliphatic heterocycles. The lowest BCUT2D eigenvalue weighted by atomic mass is 9.88. The van der Waals surface area contributed by atoms with Crippen molar-refractivity contribution in [3.63, 3.8) is 0 Å². The number of fused-ring (bicyclic) bond motifs is 1. The van der Waals surface area contributed by atoms with Crippen LogP contribution in [0.1, 0.15) is 68.5 Å². The molecule has 1 atom stereocenters. The van der Waals surface area contributed by atoms with E-state index in [2.05, 4.69) is 9.55 Å². The van der Waals surface area contributed by atoms with Crippen LogP contribution in [-0.2, 0) is 6.42 Å². The van der Waals surface area contributed by atoms with Crippen molar-refractivity contribution < 1.29 is 0 Å². The lowest BCUT2D eigenvalue weighted by molar-refractivity contribution is 0.361. The third-order valence-corrected chi connectivity index (χ3v) is 4.51. The van der Waals surface area contributed by atoms with Gasteiger partial charge in [0.05, 0.1) is 11.9 Å². The topological polar surface area (TPSA) is 43.8 Å². The highest BCUT2D eigenvalue weighted by Gasteiger charge is 2.28. The monoisotopic (exact) mass is 253 g/mol. The summed E-state index contributed by atoms with van der Waals surface area (Å²) < 4.78 is 2.24. The molecule has 0 spiro atoms. The molecule has 94 valence electrons. The SMILES string of the molecule is NC1CCCc2c(Cl)nc(C3CCCCC3)n21. The molecule has 1 fully saturated rings. The Hall–Kier alpha value is -0.540. The maximum Gasteiger partial charge on any atom is 0.150 e. The van der Waals surface area contributed by atoms with Crippen molar-refractivity contribution in [2.45, 2.75) is 63.5 Å². The molecule has 3 nitrogen and oxygen atoms in total. The van der Waals surface area contributed by atoms with Gasteiger partial charge in [0.15, 0.2) is 5.15 Å². The zero-order valence-electron chi connectivity index (χ0n) is 10.2. The molecule has 2 N–H and O–H groups in total. The van der Waals surface area contributed by atoms with Gasteiger partial charge in [0.2, 0.25) is 0 Å². The van der Waals surface area contributed by atoms with Crippen LogP contribution in [0.25, 0.3) is 0 Å². The molecule has 0 bridgehead atoms. The first-order chi connectivity index (χ1) is 8.27. The molecule has 1 aliphatic carbocycles. The highest BCUT2D eigenvalue weighted by atomic mass is 35.5. The summed E-state index contributed by atoms with van der Waals surface area (Å²) in [5.74, 6) is 1.75. The van der Waals surface area contributed by atoms with Gasteiger partial charge in [0.25, 0.3) is 0 Å². The van der Waals surface area contributed by atoms with E-state index in [-0.39, 0.29) is 6.17 Å². The highest BCUT2D eigenvalue weighted by molar-refractivity contribution is 6.30. The molecule has 3 rings (SSSR count). The number of nitrogens with zero attached hydrogens (tertiary/aromatic N) is 2. The van der Waals surface area contributed by atoms with Gasteiger partial charge in [0.1, 0.15) is 5.82 Å². The molecule has 1 aromatic heterocycles. The Morgan fingerprint density at radius 3 is 2.65 bits per heavy atom. The van der Waals surface area contributed by atoms with Gasteiger partial charge in [-0.25, -0.2) is 4.98 Å². The number of hydrogen-bond donors (Lipinski definition) is 1. The molecular weight excluding hydrogens is 234 g/mol. The summed E-state index contributed by atoms with van der Waals surface area (Å²) in [6, 6.07) is 0. The molecule has 0 aromatic carbocycles. The van der Waals surface area contributed by atoms with Crippen LogP contribution in [0.2, 0.25) is 5.15 Å². The van der Waals surface area contributed by atoms with Crippen LogP contribution in [0, 0.1) is 0 Å². The van der Waals surface area contributed by atoms with Gasteiger partial charge in [-0.3, -0.25) is 0 Å². The smallest absolute Gasteiger partial charge is 0.150 e. The standard InChI is InChI=1S/C13H20ClN3/c14-12-10-7-4-8-11(15)17(10)13(16-12)9-5-2-1-3-6-9/h9,11H,1-8,15H2. The van der Waals surface area contributed by atoms with E-state index in [1.54, 1.807) is 0 Å². The molecule has 17 heavy (non-hydrogen) atoms. The van der Waals surface area contributed by atoms with Gasteiger partial charge in [0, 0.05) is 5.92 Å². The fourth-order valence-corrected chi connectivity index (χ4v) is 3.58. The van der Waals surface area contributed by atoms with Gasteiger partial charge >= 0.3 is 0 Å². The van der Waals surface area contributed by atoms with Gasteiger partial charge in [-0.2, -0.15) is 0 Å². The molecule has 0 amide bonds. The van der Waals surface area contributed by atoms with Crippen molar-refractivity contribution in [3.05, 3.63) is 16.7 Å². The van der Waals surface area contributed by atoms with E-state index in [1.165, 1.54) is 37.8 Å². The van der Waals surface area contributed by atoms with Crippen molar-refractivity contribution in [2.24, 2.45) is 5.73 Å². The number of nitrogens with two attached hydrogens (primary N) is 1. The van der Waals surface area contributed by atoms with Crippen LogP contribution in [0.3, 0.4) is 0 Å². The second-order valence-corrected chi connectivity index (χ2v) is 5.73. The Morgan fingerprint density at radius 2 is 1.88 bits per heavy atom. The van der Waals surface area contributed by atoms with E-state index < -0.39 is 0 Å². The first kappa shape index (κ1) is 11.5. The van der Waals surface area contributed by atoms with Gasteiger partial charge in [-0.1, -0.05) is 30.9 Å². The van der Waals surface area contributed by atoms with Crippen molar-refractivity contribution in [2.75, 3.05) is 0 Å². The van der Waals surface area contributed by atoms with Crippen LogP contribution in [0.5, 0.6) is 0 Å². The molecule has 1 unspecified atom stereocenters.